The number of nitrogens with zero attached hydrogens (tertiary/aromatic N) is 2. The van der Waals surface area contributed by atoms with E-state index in [0.29, 0.717) is 10.0 Å². The molecular formula is C26H22Cl2N2O. The zero-order valence-electron chi connectivity index (χ0n) is 17.3. The smallest absolute Gasteiger partial charge is 0.136 e. The van der Waals surface area contributed by atoms with Crippen LogP contribution in [0.1, 0.15) is 25.2 Å². The van der Waals surface area contributed by atoms with Gasteiger partial charge in [-0.25, -0.2) is 4.98 Å². The summed E-state index contributed by atoms with van der Waals surface area (Å²) in [5.74, 6) is 1.18. The predicted octanol–water partition coefficient (Wildman–Crippen LogP) is 7.81. The van der Waals surface area contributed by atoms with Gasteiger partial charge in [-0.05, 0) is 72.5 Å². The number of aryl methyl sites for hydroxylation is 1. The Morgan fingerprint density at radius 1 is 0.968 bits per heavy atom. The van der Waals surface area contributed by atoms with Crippen molar-refractivity contribution < 1.29 is 5.11 Å². The molecule has 0 amide bonds. The molecule has 1 N–H and O–H groups in total. The molecule has 0 bridgehead atoms. The Bertz CT molecular complexity index is 1240. The van der Waals surface area contributed by atoms with E-state index in [4.69, 9.17) is 28.2 Å². The Balaban J connectivity index is 1.63. The molecule has 0 fully saturated rings. The lowest BCUT2D eigenvalue weighted by molar-refractivity contribution is 0.475. The van der Waals surface area contributed by atoms with Crippen molar-refractivity contribution in [2.75, 3.05) is 0 Å². The van der Waals surface area contributed by atoms with Crippen molar-refractivity contribution >= 4 is 34.9 Å². The highest BCUT2D eigenvalue weighted by Crippen LogP contribution is 2.31. The van der Waals surface area contributed by atoms with Crippen LogP contribution in [0.15, 0.2) is 72.9 Å². The number of halogens is 2. The zero-order chi connectivity index (χ0) is 22.0. The molecule has 4 aromatic rings. The molecule has 0 atom stereocenters. The molecule has 0 aliphatic carbocycles. The van der Waals surface area contributed by atoms with Gasteiger partial charge in [-0.1, -0.05) is 59.6 Å². The first-order valence-corrected chi connectivity index (χ1v) is 10.8. The molecule has 0 spiro atoms. The minimum absolute atomic E-state index is 0.268. The van der Waals surface area contributed by atoms with Gasteiger partial charge in [0.15, 0.2) is 0 Å². The fraction of sp³-hybridized carbons (Fsp3) is 0.115. The number of benzene rings is 3. The van der Waals surface area contributed by atoms with Crippen LogP contribution in [0, 0.1) is 0 Å². The second-order valence-electron chi connectivity index (χ2n) is 7.36. The van der Waals surface area contributed by atoms with Crippen molar-refractivity contribution in [1.82, 2.24) is 9.55 Å². The topological polar surface area (TPSA) is 38.0 Å². The van der Waals surface area contributed by atoms with Crippen LogP contribution >= 0.6 is 23.2 Å². The van der Waals surface area contributed by atoms with Crippen LogP contribution in [0.25, 0.3) is 34.0 Å². The van der Waals surface area contributed by atoms with E-state index < -0.39 is 0 Å². The Morgan fingerprint density at radius 3 is 2.23 bits per heavy atom. The summed E-state index contributed by atoms with van der Waals surface area (Å²) >= 11 is 12.4. The van der Waals surface area contributed by atoms with Gasteiger partial charge in [0, 0.05) is 23.3 Å². The molecule has 0 aliphatic rings. The van der Waals surface area contributed by atoms with Gasteiger partial charge < -0.3 is 9.67 Å². The minimum Gasteiger partial charge on any atom is -0.508 e. The van der Waals surface area contributed by atoms with Gasteiger partial charge in [-0.2, -0.15) is 0 Å². The van der Waals surface area contributed by atoms with Crippen molar-refractivity contribution in [3.8, 4) is 28.1 Å². The largest absolute Gasteiger partial charge is 0.508 e. The lowest BCUT2D eigenvalue weighted by Gasteiger charge is -2.06. The summed E-state index contributed by atoms with van der Waals surface area (Å²) in [4.78, 5) is 4.85. The van der Waals surface area contributed by atoms with E-state index in [1.54, 1.807) is 18.2 Å². The number of phenols is 1. The molecular weight excluding hydrogens is 427 g/mol. The summed E-state index contributed by atoms with van der Waals surface area (Å²) in [6.07, 6.45) is 4.15. The fourth-order valence-electron chi connectivity index (χ4n) is 3.54. The Labute approximate surface area is 192 Å². The Kier molecular flexibility index (Phi) is 6.17. The van der Waals surface area contributed by atoms with Gasteiger partial charge in [0.25, 0.3) is 0 Å². The molecule has 1 heterocycles. The molecule has 31 heavy (non-hydrogen) atoms. The van der Waals surface area contributed by atoms with Gasteiger partial charge in [-0.3, -0.25) is 0 Å². The van der Waals surface area contributed by atoms with Gasteiger partial charge in [0.1, 0.15) is 11.6 Å². The molecule has 0 saturated carbocycles. The van der Waals surface area contributed by atoms with Gasteiger partial charge in [0.05, 0.1) is 10.7 Å². The molecule has 156 valence electrons. The van der Waals surface area contributed by atoms with E-state index in [-0.39, 0.29) is 5.75 Å². The maximum absolute atomic E-state index is 9.47. The monoisotopic (exact) mass is 448 g/mol. The van der Waals surface area contributed by atoms with Crippen molar-refractivity contribution in [3.05, 3.63) is 94.4 Å². The fourth-order valence-corrected chi connectivity index (χ4v) is 4.04. The average molecular weight is 449 g/mol. The number of allylic oxidation sites excluding steroid dienone is 1. The van der Waals surface area contributed by atoms with Crippen molar-refractivity contribution in [2.45, 2.75) is 20.4 Å². The average Bonchev–Trinajstić information content (AvgIpc) is 3.19. The van der Waals surface area contributed by atoms with Gasteiger partial charge >= 0.3 is 0 Å². The summed E-state index contributed by atoms with van der Waals surface area (Å²) < 4.78 is 2.12. The molecule has 0 radical (unpaired) electrons. The predicted molar refractivity (Wildman–Crippen MR) is 130 cm³/mol. The summed E-state index contributed by atoms with van der Waals surface area (Å²) in [6.45, 7) is 4.96. The van der Waals surface area contributed by atoms with Crippen LogP contribution in [-0.4, -0.2) is 14.7 Å². The molecule has 3 nitrogen and oxygen atoms in total. The van der Waals surface area contributed by atoms with Crippen LogP contribution in [0.3, 0.4) is 0 Å². The normalized spacial score (nSPS) is 11.7. The number of aromatic nitrogens is 2. The lowest BCUT2D eigenvalue weighted by Crippen LogP contribution is -1.98. The highest BCUT2D eigenvalue weighted by Gasteiger charge is 2.13. The second-order valence-corrected chi connectivity index (χ2v) is 8.20. The number of imidazole rings is 1. The standard InChI is InChI=1S/C26H22Cl2N2O/c1-3-30-16-25(23-13-10-21(27)15-24(23)28)29-26(30)17(2)14-18-4-6-19(7-5-18)20-8-11-22(31)12-9-20/h4-16,31H,3H2,1-2H3/b17-14+. The number of hydrogen-bond acceptors (Lipinski definition) is 2. The molecule has 0 unspecified atom stereocenters. The number of phenolic OH excluding ortho intramolecular Hbond substituents is 1. The van der Waals surface area contributed by atoms with Crippen LogP contribution < -0.4 is 0 Å². The molecule has 0 saturated heterocycles. The number of rotatable bonds is 5. The molecule has 3 aromatic carbocycles. The quantitative estimate of drug-likeness (QED) is 0.337. The molecule has 0 aliphatic heterocycles. The maximum atomic E-state index is 9.47. The summed E-state index contributed by atoms with van der Waals surface area (Å²) in [5, 5.41) is 10.7. The highest BCUT2D eigenvalue weighted by molar-refractivity contribution is 6.36. The summed E-state index contributed by atoms with van der Waals surface area (Å²) in [7, 11) is 0. The summed E-state index contributed by atoms with van der Waals surface area (Å²) in [5.41, 5.74) is 6.02. The first-order valence-electron chi connectivity index (χ1n) is 10.1. The minimum atomic E-state index is 0.268. The third-order valence-electron chi connectivity index (χ3n) is 5.17. The van der Waals surface area contributed by atoms with E-state index in [1.807, 2.05) is 30.5 Å². The van der Waals surface area contributed by atoms with E-state index in [1.165, 1.54) is 0 Å². The highest BCUT2D eigenvalue weighted by atomic mass is 35.5. The number of aromatic hydroxyl groups is 1. The first kappa shape index (κ1) is 21.2. The third kappa shape index (κ3) is 4.68. The van der Waals surface area contributed by atoms with Crippen molar-refractivity contribution in [3.63, 3.8) is 0 Å². The first-order chi connectivity index (χ1) is 14.9. The Hall–Kier alpha value is -3.01. The SMILES string of the molecule is CCn1cc(-c2ccc(Cl)cc2Cl)nc1/C(C)=C/c1ccc(-c2ccc(O)cc2)cc1. The Morgan fingerprint density at radius 2 is 1.61 bits per heavy atom. The van der Waals surface area contributed by atoms with Crippen LogP contribution in [-0.2, 0) is 6.54 Å². The van der Waals surface area contributed by atoms with Gasteiger partial charge in [-0.15, -0.1) is 0 Å². The lowest BCUT2D eigenvalue weighted by atomic mass is 10.0. The van der Waals surface area contributed by atoms with E-state index in [0.717, 1.165) is 45.9 Å². The molecule has 1 aromatic heterocycles. The van der Waals surface area contributed by atoms with Gasteiger partial charge in [0.2, 0.25) is 0 Å². The van der Waals surface area contributed by atoms with E-state index in [2.05, 4.69) is 48.8 Å². The van der Waals surface area contributed by atoms with E-state index in [9.17, 15) is 5.11 Å². The number of hydrogen-bond donors (Lipinski definition) is 1. The zero-order valence-corrected chi connectivity index (χ0v) is 18.8. The maximum Gasteiger partial charge on any atom is 0.136 e. The van der Waals surface area contributed by atoms with Crippen LogP contribution in [0.2, 0.25) is 10.0 Å². The second kappa shape index (κ2) is 9.01. The molecule has 4 rings (SSSR count). The van der Waals surface area contributed by atoms with Crippen LogP contribution in [0.5, 0.6) is 5.75 Å². The van der Waals surface area contributed by atoms with Crippen molar-refractivity contribution in [1.29, 1.82) is 0 Å². The van der Waals surface area contributed by atoms with E-state index >= 15 is 0 Å². The van der Waals surface area contributed by atoms with Crippen LogP contribution in [0.4, 0.5) is 0 Å². The third-order valence-corrected chi connectivity index (χ3v) is 5.72. The summed E-state index contributed by atoms with van der Waals surface area (Å²) in [6, 6.07) is 21.0. The van der Waals surface area contributed by atoms with Crippen molar-refractivity contribution in [2.24, 2.45) is 0 Å². The molecule has 5 heteroatoms.